The van der Waals surface area contributed by atoms with Crippen LogP contribution in [0.5, 0.6) is 5.75 Å². The molecule has 0 fully saturated rings. The lowest BCUT2D eigenvalue weighted by molar-refractivity contribution is 0.477. The predicted octanol–water partition coefficient (Wildman–Crippen LogP) is 0.534. The number of benzene rings is 1. The van der Waals surface area contributed by atoms with Crippen LogP contribution in [0.1, 0.15) is 5.56 Å². The summed E-state index contributed by atoms with van der Waals surface area (Å²) < 4.78 is 0. The first-order valence-corrected chi connectivity index (χ1v) is 4.76. The zero-order chi connectivity index (χ0) is 11.7. The summed E-state index contributed by atoms with van der Waals surface area (Å²) in [6.07, 6.45) is 0. The van der Waals surface area contributed by atoms with Crippen molar-refractivity contribution in [3.8, 4) is 17.0 Å². The highest BCUT2D eigenvalue weighted by Crippen LogP contribution is 2.31. The molecular formula is C11H10BN3O. The maximum Gasteiger partial charge on any atom is 0.144 e. The van der Waals surface area contributed by atoms with E-state index in [2.05, 4.69) is 10.2 Å². The number of nitrogens with zero attached hydrogens (tertiary/aromatic N) is 2. The molecule has 16 heavy (non-hydrogen) atoms. The van der Waals surface area contributed by atoms with E-state index >= 15 is 0 Å². The Kier molecular flexibility index (Phi) is 2.52. The van der Waals surface area contributed by atoms with E-state index in [-0.39, 0.29) is 5.75 Å². The third-order valence-corrected chi connectivity index (χ3v) is 2.35. The molecule has 1 aromatic heterocycles. The number of hydrogen-bond acceptors (Lipinski definition) is 4. The van der Waals surface area contributed by atoms with Gasteiger partial charge in [0.25, 0.3) is 0 Å². The van der Waals surface area contributed by atoms with Crippen LogP contribution in [-0.4, -0.2) is 23.2 Å². The number of aryl methyl sites for hydroxylation is 1. The third-order valence-electron chi connectivity index (χ3n) is 2.35. The number of rotatable bonds is 1. The van der Waals surface area contributed by atoms with Crippen molar-refractivity contribution in [2.24, 2.45) is 0 Å². The van der Waals surface area contributed by atoms with Gasteiger partial charge in [-0.05, 0) is 30.7 Å². The van der Waals surface area contributed by atoms with Gasteiger partial charge in [0.2, 0.25) is 0 Å². The predicted molar refractivity (Wildman–Crippen MR) is 63.7 cm³/mol. The van der Waals surface area contributed by atoms with Gasteiger partial charge in [-0.3, -0.25) is 0 Å². The fourth-order valence-electron chi connectivity index (χ4n) is 1.40. The van der Waals surface area contributed by atoms with Crippen LogP contribution in [0.4, 0.5) is 5.69 Å². The van der Waals surface area contributed by atoms with Gasteiger partial charge >= 0.3 is 0 Å². The third kappa shape index (κ3) is 1.84. The Morgan fingerprint density at radius 1 is 1.25 bits per heavy atom. The Labute approximate surface area is 94.5 Å². The maximum absolute atomic E-state index is 9.76. The standard InChI is InChI=1S/C11H10BN3O/c1-6-4-7(10(16)5-8(6)13)9-2-3-11(12)15-14-9/h2-5,16H,13H2,1H3. The number of anilines is 1. The summed E-state index contributed by atoms with van der Waals surface area (Å²) in [4.78, 5) is 0. The van der Waals surface area contributed by atoms with Gasteiger partial charge < -0.3 is 10.8 Å². The quantitative estimate of drug-likeness (QED) is 0.533. The lowest BCUT2D eigenvalue weighted by Gasteiger charge is -2.07. The van der Waals surface area contributed by atoms with E-state index in [0.717, 1.165) is 5.56 Å². The number of aromatic nitrogens is 2. The van der Waals surface area contributed by atoms with E-state index in [1.165, 1.54) is 6.07 Å². The molecule has 1 heterocycles. The monoisotopic (exact) mass is 211 g/mol. The summed E-state index contributed by atoms with van der Waals surface area (Å²) >= 11 is 0. The second kappa shape index (κ2) is 3.85. The van der Waals surface area contributed by atoms with Crippen molar-refractivity contribution in [1.29, 1.82) is 0 Å². The van der Waals surface area contributed by atoms with Crippen LogP contribution < -0.4 is 11.3 Å². The molecule has 0 aliphatic heterocycles. The Balaban J connectivity index is 2.56. The normalized spacial score (nSPS) is 10.3. The van der Waals surface area contributed by atoms with Crippen molar-refractivity contribution in [3.05, 3.63) is 29.8 Å². The molecule has 0 atom stereocenters. The highest BCUT2D eigenvalue weighted by atomic mass is 16.3. The average Bonchev–Trinajstić information content (AvgIpc) is 2.25. The Morgan fingerprint density at radius 2 is 2.00 bits per heavy atom. The van der Waals surface area contributed by atoms with E-state index in [9.17, 15) is 5.11 Å². The molecule has 0 bridgehead atoms. The summed E-state index contributed by atoms with van der Waals surface area (Å²) in [5.41, 5.74) is 8.61. The number of aromatic hydroxyl groups is 1. The van der Waals surface area contributed by atoms with Crippen molar-refractivity contribution in [2.75, 3.05) is 5.73 Å². The molecule has 3 N–H and O–H groups in total. The van der Waals surface area contributed by atoms with Gasteiger partial charge in [-0.2, -0.15) is 10.2 Å². The second-order valence-electron chi connectivity index (χ2n) is 3.57. The fraction of sp³-hybridized carbons (Fsp3) is 0.0909. The zero-order valence-electron chi connectivity index (χ0n) is 8.81. The first-order valence-electron chi connectivity index (χ1n) is 4.76. The molecule has 2 aromatic rings. The summed E-state index contributed by atoms with van der Waals surface area (Å²) in [7, 11) is 5.44. The van der Waals surface area contributed by atoms with Crippen LogP contribution in [0, 0.1) is 6.92 Å². The van der Waals surface area contributed by atoms with Crippen molar-refractivity contribution in [3.63, 3.8) is 0 Å². The van der Waals surface area contributed by atoms with Crippen LogP contribution in [0.15, 0.2) is 24.3 Å². The van der Waals surface area contributed by atoms with Gasteiger partial charge in [0.15, 0.2) is 0 Å². The number of phenols is 1. The van der Waals surface area contributed by atoms with Crippen LogP contribution in [-0.2, 0) is 0 Å². The molecule has 2 radical (unpaired) electrons. The Hall–Kier alpha value is -2.04. The van der Waals surface area contributed by atoms with E-state index in [0.29, 0.717) is 22.5 Å². The molecule has 0 aliphatic rings. The van der Waals surface area contributed by atoms with Gasteiger partial charge in [-0.1, -0.05) is 0 Å². The van der Waals surface area contributed by atoms with E-state index in [4.69, 9.17) is 13.6 Å². The SMILES string of the molecule is [B]c1ccc(-c2cc(C)c(N)cc2O)nn1. The van der Waals surface area contributed by atoms with Gasteiger partial charge in [0, 0.05) is 22.9 Å². The first-order chi connectivity index (χ1) is 7.58. The molecule has 0 aliphatic carbocycles. The van der Waals surface area contributed by atoms with E-state index in [1.807, 2.05) is 6.92 Å². The van der Waals surface area contributed by atoms with E-state index in [1.54, 1.807) is 18.2 Å². The molecule has 0 amide bonds. The summed E-state index contributed by atoms with van der Waals surface area (Å²) in [5, 5.41) is 17.4. The number of nitrogen functional groups attached to an aromatic ring is 1. The van der Waals surface area contributed by atoms with Crippen LogP contribution in [0.2, 0.25) is 0 Å². The van der Waals surface area contributed by atoms with Crippen LogP contribution in [0.25, 0.3) is 11.3 Å². The molecule has 78 valence electrons. The van der Waals surface area contributed by atoms with Gasteiger partial charge in [0.1, 0.15) is 13.6 Å². The molecular weight excluding hydrogens is 201 g/mol. The van der Waals surface area contributed by atoms with Gasteiger partial charge in [0.05, 0.1) is 5.69 Å². The minimum absolute atomic E-state index is 0.0853. The lowest BCUT2D eigenvalue weighted by Crippen LogP contribution is -2.09. The van der Waals surface area contributed by atoms with Crippen LogP contribution in [0.3, 0.4) is 0 Å². The minimum Gasteiger partial charge on any atom is -0.507 e. The smallest absolute Gasteiger partial charge is 0.144 e. The van der Waals surface area contributed by atoms with Crippen molar-refractivity contribution in [1.82, 2.24) is 10.2 Å². The topological polar surface area (TPSA) is 72.0 Å². The molecule has 0 unspecified atom stereocenters. The highest BCUT2D eigenvalue weighted by Gasteiger charge is 2.08. The van der Waals surface area contributed by atoms with Crippen molar-refractivity contribution in [2.45, 2.75) is 6.92 Å². The van der Waals surface area contributed by atoms with Gasteiger partial charge in [-0.15, -0.1) is 0 Å². The van der Waals surface area contributed by atoms with Crippen molar-refractivity contribution >= 4 is 19.1 Å². The Bertz CT molecular complexity index is 525. The number of nitrogens with two attached hydrogens (primary N) is 1. The molecule has 2 rings (SSSR count). The molecule has 1 aromatic carbocycles. The fourth-order valence-corrected chi connectivity index (χ4v) is 1.40. The molecule has 4 nitrogen and oxygen atoms in total. The zero-order valence-corrected chi connectivity index (χ0v) is 8.81. The second-order valence-corrected chi connectivity index (χ2v) is 3.57. The lowest BCUT2D eigenvalue weighted by atomic mass is 10.0. The average molecular weight is 211 g/mol. The maximum atomic E-state index is 9.76. The largest absolute Gasteiger partial charge is 0.507 e. The molecule has 0 saturated carbocycles. The Morgan fingerprint density at radius 3 is 2.62 bits per heavy atom. The summed E-state index contributed by atoms with van der Waals surface area (Å²) in [6, 6.07) is 6.61. The van der Waals surface area contributed by atoms with Crippen molar-refractivity contribution < 1.29 is 5.11 Å². The highest BCUT2D eigenvalue weighted by molar-refractivity contribution is 6.30. The molecule has 5 heteroatoms. The van der Waals surface area contributed by atoms with Gasteiger partial charge in [-0.25, -0.2) is 0 Å². The number of phenolic OH excluding ortho intramolecular Hbond substituents is 1. The summed E-state index contributed by atoms with van der Waals surface area (Å²) in [5.74, 6) is 0.0853. The summed E-state index contributed by atoms with van der Waals surface area (Å²) in [6.45, 7) is 1.86. The van der Waals surface area contributed by atoms with E-state index < -0.39 is 0 Å². The molecule has 0 saturated heterocycles. The molecule has 0 spiro atoms. The minimum atomic E-state index is 0.0853. The first kappa shape index (κ1) is 10.5. The van der Waals surface area contributed by atoms with Crippen LogP contribution >= 0.6 is 0 Å². The number of hydrogen-bond donors (Lipinski definition) is 2.